The van der Waals surface area contributed by atoms with Crippen molar-refractivity contribution in [3.63, 3.8) is 0 Å². The van der Waals surface area contributed by atoms with E-state index in [1.54, 1.807) is 12.1 Å². The number of amides is 1. The average molecular weight is 485 g/mol. The number of nitrogens with zero attached hydrogens (tertiary/aromatic N) is 2. The maximum atomic E-state index is 13.6. The number of carbonyl (C=O) groups excluding carboxylic acids is 2. The maximum Gasteiger partial charge on any atom is 0.300 e. The van der Waals surface area contributed by atoms with Gasteiger partial charge in [0.1, 0.15) is 11.5 Å². The lowest BCUT2D eigenvalue weighted by Gasteiger charge is -2.27. The number of anilines is 2. The number of para-hydroxylation sites is 2. The van der Waals surface area contributed by atoms with Gasteiger partial charge in [-0.15, -0.1) is 0 Å². The van der Waals surface area contributed by atoms with E-state index < -0.39 is 17.7 Å². The third-order valence-electron chi connectivity index (χ3n) is 6.40. The number of ether oxygens (including phenoxy) is 1. The molecule has 1 saturated heterocycles. The Labute approximate surface area is 212 Å². The van der Waals surface area contributed by atoms with E-state index in [2.05, 4.69) is 0 Å². The molecule has 1 unspecified atom stereocenters. The summed E-state index contributed by atoms with van der Waals surface area (Å²) < 4.78 is 5.94. The maximum absolute atomic E-state index is 13.6. The Hall–Kier alpha value is -4.06. The molecule has 0 radical (unpaired) electrons. The van der Waals surface area contributed by atoms with Gasteiger partial charge in [0.25, 0.3) is 11.7 Å². The number of hydrogen-bond acceptors (Lipinski definition) is 5. The van der Waals surface area contributed by atoms with E-state index in [1.807, 2.05) is 94.4 Å². The van der Waals surface area contributed by atoms with Gasteiger partial charge in [-0.1, -0.05) is 48.9 Å². The second-order valence-electron chi connectivity index (χ2n) is 9.29. The van der Waals surface area contributed by atoms with Crippen LogP contribution in [0.3, 0.4) is 0 Å². The molecule has 3 aromatic rings. The van der Waals surface area contributed by atoms with Gasteiger partial charge in [0.2, 0.25) is 0 Å². The predicted molar refractivity (Wildman–Crippen MR) is 144 cm³/mol. The molecule has 0 aromatic heterocycles. The van der Waals surface area contributed by atoms with E-state index in [-0.39, 0.29) is 11.3 Å². The van der Waals surface area contributed by atoms with E-state index in [0.717, 1.165) is 28.8 Å². The second-order valence-corrected chi connectivity index (χ2v) is 9.29. The average Bonchev–Trinajstić information content (AvgIpc) is 3.14. The third kappa shape index (κ3) is 4.59. The smallest absolute Gasteiger partial charge is 0.300 e. The number of rotatable bonds is 7. The minimum atomic E-state index is -0.812. The molecule has 1 N–H and O–H groups in total. The highest BCUT2D eigenvalue weighted by atomic mass is 16.5. The van der Waals surface area contributed by atoms with Crippen LogP contribution in [0.15, 0.2) is 72.3 Å². The van der Waals surface area contributed by atoms with Crippen LogP contribution in [-0.4, -0.2) is 37.5 Å². The lowest BCUT2D eigenvalue weighted by molar-refractivity contribution is -0.132. The fourth-order valence-electron chi connectivity index (χ4n) is 4.48. The van der Waals surface area contributed by atoms with Crippen LogP contribution in [0.2, 0.25) is 0 Å². The zero-order chi connectivity index (χ0) is 26.0. The molecular formula is C30H32N2O4. The monoisotopic (exact) mass is 484 g/mol. The predicted octanol–water partition coefficient (Wildman–Crippen LogP) is 5.78. The van der Waals surface area contributed by atoms with E-state index in [4.69, 9.17) is 4.74 Å². The van der Waals surface area contributed by atoms with Gasteiger partial charge in [-0.25, -0.2) is 0 Å². The highest BCUT2D eigenvalue weighted by molar-refractivity contribution is 6.52. The molecule has 1 atom stereocenters. The highest BCUT2D eigenvalue weighted by Gasteiger charge is 2.47. The molecule has 0 bridgehead atoms. The molecule has 6 nitrogen and oxygen atoms in total. The summed E-state index contributed by atoms with van der Waals surface area (Å²) in [7, 11) is 3.89. The number of aliphatic hydroxyl groups is 1. The number of aliphatic hydroxyl groups excluding tert-OH is 1. The van der Waals surface area contributed by atoms with Crippen LogP contribution in [0.4, 0.5) is 11.4 Å². The Morgan fingerprint density at radius 1 is 1.00 bits per heavy atom. The molecule has 6 heteroatoms. The fraction of sp³-hybridized carbons (Fsp3) is 0.267. The number of carbonyl (C=O) groups is 2. The van der Waals surface area contributed by atoms with Crippen molar-refractivity contribution in [2.75, 3.05) is 30.5 Å². The first-order valence-electron chi connectivity index (χ1n) is 12.1. The van der Waals surface area contributed by atoms with Gasteiger partial charge in [-0.05, 0) is 61.7 Å². The van der Waals surface area contributed by atoms with Gasteiger partial charge in [0, 0.05) is 25.3 Å². The molecule has 1 fully saturated rings. The SMILES string of the molecule is CCCOc1ccccc1N1C(=O)C(=O)/C(=C(/O)c2cc(C)ccc2C)C1c1ccc(N(C)C)cc1. The number of benzene rings is 3. The topological polar surface area (TPSA) is 70.1 Å². The van der Waals surface area contributed by atoms with Crippen molar-refractivity contribution in [3.8, 4) is 5.75 Å². The summed E-state index contributed by atoms with van der Waals surface area (Å²) in [6.07, 6.45) is 0.801. The van der Waals surface area contributed by atoms with Gasteiger partial charge in [0.05, 0.1) is 23.9 Å². The van der Waals surface area contributed by atoms with E-state index in [9.17, 15) is 14.7 Å². The van der Waals surface area contributed by atoms with Gasteiger partial charge in [-0.2, -0.15) is 0 Å². The fourth-order valence-corrected chi connectivity index (χ4v) is 4.48. The van der Waals surface area contributed by atoms with Crippen LogP contribution in [0.25, 0.3) is 5.76 Å². The van der Waals surface area contributed by atoms with Gasteiger partial charge in [-0.3, -0.25) is 14.5 Å². The van der Waals surface area contributed by atoms with Crippen molar-refractivity contribution in [1.82, 2.24) is 0 Å². The summed E-state index contributed by atoms with van der Waals surface area (Å²) in [5.74, 6) is -1.08. The molecule has 0 saturated carbocycles. The highest BCUT2D eigenvalue weighted by Crippen LogP contribution is 2.45. The molecule has 3 aromatic carbocycles. The van der Waals surface area contributed by atoms with Gasteiger partial charge >= 0.3 is 0 Å². The van der Waals surface area contributed by atoms with Crippen molar-refractivity contribution in [3.05, 3.63) is 94.6 Å². The summed E-state index contributed by atoms with van der Waals surface area (Å²) in [6.45, 7) is 6.28. The molecule has 0 spiro atoms. The summed E-state index contributed by atoms with van der Waals surface area (Å²) in [4.78, 5) is 30.5. The first kappa shape index (κ1) is 25.0. The Morgan fingerprint density at radius 3 is 2.36 bits per heavy atom. The normalized spacial score (nSPS) is 16.9. The van der Waals surface area contributed by atoms with Crippen LogP contribution in [-0.2, 0) is 9.59 Å². The summed E-state index contributed by atoms with van der Waals surface area (Å²) in [5.41, 5.74) is 4.57. The first-order valence-corrected chi connectivity index (χ1v) is 12.1. The number of aryl methyl sites for hydroxylation is 2. The Bertz CT molecular complexity index is 1330. The van der Waals surface area contributed by atoms with E-state index >= 15 is 0 Å². The summed E-state index contributed by atoms with van der Waals surface area (Å²) in [5, 5.41) is 11.5. The van der Waals surface area contributed by atoms with Crippen LogP contribution in [0, 0.1) is 13.8 Å². The number of ketones is 1. The van der Waals surface area contributed by atoms with Crippen LogP contribution >= 0.6 is 0 Å². The molecule has 186 valence electrons. The second kappa shape index (κ2) is 10.3. The third-order valence-corrected chi connectivity index (χ3v) is 6.40. The minimum absolute atomic E-state index is 0.0663. The van der Waals surface area contributed by atoms with Crippen molar-refractivity contribution in [1.29, 1.82) is 0 Å². The zero-order valence-electron chi connectivity index (χ0n) is 21.4. The lowest BCUT2D eigenvalue weighted by atomic mass is 9.93. The minimum Gasteiger partial charge on any atom is -0.507 e. The van der Waals surface area contributed by atoms with Crippen molar-refractivity contribution in [2.45, 2.75) is 33.2 Å². The molecule has 1 amide bonds. The van der Waals surface area contributed by atoms with Crippen LogP contribution in [0.1, 0.15) is 41.6 Å². The Morgan fingerprint density at radius 2 is 1.69 bits per heavy atom. The van der Waals surface area contributed by atoms with Crippen molar-refractivity contribution >= 4 is 28.8 Å². The van der Waals surface area contributed by atoms with E-state index in [0.29, 0.717) is 23.6 Å². The largest absolute Gasteiger partial charge is 0.507 e. The zero-order valence-corrected chi connectivity index (χ0v) is 21.4. The molecule has 0 aliphatic carbocycles. The molecule has 1 aliphatic rings. The van der Waals surface area contributed by atoms with Crippen LogP contribution in [0.5, 0.6) is 5.75 Å². The molecule has 36 heavy (non-hydrogen) atoms. The van der Waals surface area contributed by atoms with Gasteiger partial charge < -0.3 is 14.7 Å². The van der Waals surface area contributed by atoms with Crippen molar-refractivity contribution < 1.29 is 19.4 Å². The molecule has 1 heterocycles. The molecule has 1 aliphatic heterocycles. The number of Topliss-reactive ketones (excluding diaryl/α,β-unsaturated/α-hetero) is 1. The lowest BCUT2D eigenvalue weighted by Crippen LogP contribution is -2.30. The Kier molecular flexibility index (Phi) is 7.15. The molecular weight excluding hydrogens is 452 g/mol. The van der Waals surface area contributed by atoms with Crippen molar-refractivity contribution in [2.24, 2.45) is 0 Å². The molecule has 4 rings (SSSR count). The number of hydrogen-bond donors (Lipinski definition) is 1. The van der Waals surface area contributed by atoms with E-state index in [1.165, 1.54) is 4.90 Å². The van der Waals surface area contributed by atoms with Gasteiger partial charge in [0.15, 0.2) is 0 Å². The standard InChI is InChI=1S/C30H32N2O4/c1-6-17-36-25-10-8-7-9-24(25)32-27(21-13-15-22(16-14-21)31(4)5)26(29(34)30(32)35)28(33)23-18-19(2)11-12-20(23)3/h7-16,18,27,33H,6,17H2,1-5H3/b28-26+. The first-order chi connectivity index (χ1) is 17.2. The quantitative estimate of drug-likeness (QED) is 0.261. The Balaban J connectivity index is 1.96. The van der Waals surface area contributed by atoms with Crippen LogP contribution < -0.4 is 14.5 Å². The summed E-state index contributed by atoms with van der Waals surface area (Å²) >= 11 is 0. The summed E-state index contributed by atoms with van der Waals surface area (Å²) in [6, 6.07) is 19.7.